The molecule has 0 bridgehead atoms. The maximum atomic E-state index is 14.1. The normalized spacial score (nSPS) is 22.6. The summed E-state index contributed by atoms with van der Waals surface area (Å²) in [6.07, 6.45) is 3.16. The van der Waals surface area contributed by atoms with Gasteiger partial charge in [0.15, 0.2) is 6.19 Å². The first-order chi connectivity index (χ1) is 19.6. The fourth-order valence-corrected chi connectivity index (χ4v) is 7.18. The molecule has 0 spiro atoms. The smallest absolute Gasteiger partial charge is 0.243 e. The van der Waals surface area contributed by atoms with Crippen molar-refractivity contribution in [2.75, 3.05) is 11.9 Å². The average Bonchev–Trinajstić information content (AvgIpc) is 2.97. The number of hydrogen-bond donors (Lipinski definition) is 3. The van der Waals surface area contributed by atoms with Crippen LogP contribution in [0.4, 0.5) is 5.69 Å². The molecule has 2 aliphatic rings. The van der Waals surface area contributed by atoms with Crippen LogP contribution >= 0.6 is 11.6 Å². The van der Waals surface area contributed by atoms with Gasteiger partial charge in [-0.15, -0.1) is 0 Å². The number of aliphatic hydroxyl groups excluding tert-OH is 1. The highest BCUT2D eigenvalue weighted by molar-refractivity contribution is 7.89. The Morgan fingerprint density at radius 2 is 1.85 bits per heavy atom. The molecule has 11 heteroatoms. The van der Waals surface area contributed by atoms with Crippen molar-refractivity contribution in [2.45, 2.75) is 61.8 Å². The third-order valence-electron chi connectivity index (χ3n) is 7.48. The van der Waals surface area contributed by atoms with Crippen LogP contribution in [-0.2, 0) is 10.0 Å². The first-order valence-corrected chi connectivity index (χ1v) is 15.3. The first-order valence-electron chi connectivity index (χ1n) is 13.4. The van der Waals surface area contributed by atoms with Gasteiger partial charge >= 0.3 is 0 Å². The number of hydrogen-bond acceptors (Lipinski definition) is 6. The lowest BCUT2D eigenvalue weighted by atomic mass is 9.87. The van der Waals surface area contributed by atoms with Gasteiger partial charge in [-0.25, -0.2) is 13.4 Å². The minimum atomic E-state index is -3.90. The number of nitriles is 1. The molecule has 3 aromatic carbocycles. The Morgan fingerprint density at radius 1 is 1.12 bits per heavy atom. The number of guanidine groups is 1. The van der Waals surface area contributed by atoms with Gasteiger partial charge in [0.25, 0.3) is 0 Å². The van der Waals surface area contributed by atoms with E-state index in [-0.39, 0.29) is 16.9 Å². The second kappa shape index (κ2) is 11.7. The van der Waals surface area contributed by atoms with E-state index in [4.69, 9.17) is 16.3 Å². The van der Waals surface area contributed by atoms with Crippen molar-refractivity contribution >= 4 is 33.3 Å². The minimum absolute atomic E-state index is 0.0796. The molecule has 0 amide bonds. The van der Waals surface area contributed by atoms with E-state index in [0.29, 0.717) is 28.6 Å². The van der Waals surface area contributed by atoms with Gasteiger partial charge < -0.3 is 15.2 Å². The second-order valence-electron chi connectivity index (χ2n) is 10.7. The van der Waals surface area contributed by atoms with Crippen molar-refractivity contribution in [3.63, 3.8) is 0 Å². The topological polar surface area (TPSA) is 127 Å². The molecule has 41 heavy (non-hydrogen) atoms. The molecule has 3 unspecified atom stereocenters. The Labute approximate surface area is 245 Å². The van der Waals surface area contributed by atoms with Gasteiger partial charge in [0, 0.05) is 22.8 Å². The van der Waals surface area contributed by atoms with E-state index < -0.39 is 27.8 Å². The number of aliphatic hydroxyl groups is 1. The molecule has 0 aliphatic carbocycles. The number of rotatable bonds is 5. The molecule has 0 aromatic heterocycles. The zero-order valence-corrected chi connectivity index (χ0v) is 24.4. The molecule has 0 radical (unpaired) electrons. The third-order valence-corrected chi connectivity index (χ3v) is 9.63. The summed E-state index contributed by atoms with van der Waals surface area (Å²) in [5.41, 5.74) is 0.939. The van der Waals surface area contributed by atoms with Crippen LogP contribution in [0.25, 0.3) is 0 Å². The number of aliphatic imine (C=N–C) groups is 1. The Kier molecular flexibility index (Phi) is 8.25. The molecule has 3 aromatic rings. The summed E-state index contributed by atoms with van der Waals surface area (Å²) in [6, 6.07) is 20.0. The van der Waals surface area contributed by atoms with Gasteiger partial charge in [-0.3, -0.25) is 5.32 Å². The summed E-state index contributed by atoms with van der Waals surface area (Å²) in [5.74, 6) is 0.491. The van der Waals surface area contributed by atoms with Gasteiger partial charge in [-0.05, 0) is 74.7 Å². The molecular formula is C30H32ClN5O4S. The van der Waals surface area contributed by atoms with Crippen LogP contribution in [0, 0.1) is 11.5 Å². The van der Waals surface area contributed by atoms with Gasteiger partial charge in [0.05, 0.1) is 10.9 Å². The van der Waals surface area contributed by atoms with Crippen molar-refractivity contribution in [1.29, 1.82) is 5.26 Å². The SMILES string of the molecule is CC1(C)Oc2ccc(S(=O)(=O)N3CCCCC3c3ccccc3)cc2C(N=C(NC#N)Nc2ccc(Cl)cc2)C1O. The third kappa shape index (κ3) is 6.04. The molecule has 3 atom stereocenters. The number of sulfonamides is 1. The van der Waals surface area contributed by atoms with Gasteiger partial charge in [0.2, 0.25) is 16.0 Å². The highest BCUT2D eigenvalue weighted by Gasteiger charge is 2.44. The molecule has 2 aliphatic heterocycles. The lowest BCUT2D eigenvalue weighted by Gasteiger charge is -2.41. The molecule has 2 heterocycles. The Bertz CT molecular complexity index is 1570. The first kappa shape index (κ1) is 28.9. The van der Waals surface area contributed by atoms with E-state index in [9.17, 15) is 18.8 Å². The summed E-state index contributed by atoms with van der Waals surface area (Å²) >= 11 is 6.00. The summed E-state index contributed by atoms with van der Waals surface area (Å²) in [5, 5.41) is 26.8. The van der Waals surface area contributed by atoms with Crippen LogP contribution in [0.1, 0.15) is 56.3 Å². The van der Waals surface area contributed by atoms with E-state index in [1.807, 2.05) is 36.5 Å². The number of piperidine rings is 1. The molecule has 1 fully saturated rings. The average molecular weight is 594 g/mol. The fraction of sp³-hybridized carbons (Fsp3) is 0.333. The molecule has 9 nitrogen and oxygen atoms in total. The quantitative estimate of drug-likeness (QED) is 0.157. The van der Waals surface area contributed by atoms with Crippen LogP contribution in [0.2, 0.25) is 5.02 Å². The van der Waals surface area contributed by atoms with Gasteiger partial charge in [-0.2, -0.15) is 9.57 Å². The maximum Gasteiger partial charge on any atom is 0.243 e. The zero-order chi connectivity index (χ0) is 29.2. The van der Waals surface area contributed by atoms with E-state index in [0.717, 1.165) is 24.8 Å². The number of benzene rings is 3. The van der Waals surface area contributed by atoms with Crippen molar-refractivity contribution in [3.05, 3.63) is 88.9 Å². The zero-order valence-electron chi connectivity index (χ0n) is 22.8. The van der Waals surface area contributed by atoms with Crippen molar-refractivity contribution in [3.8, 4) is 11.9 Å². The summed E-state index contributed by atoms with van der Waals surface area (Å²) in [7, 11) is -3.90. The highest BCUT2D eigenvalue weighted by Crippen LogP contribution is 2.44. The summed E-state index contributed by atoms with van der Waals surface area (Å²) < 4.78 is 35.8. The van der Waals surface area contributed by atoms with Crippen molar-refractivity contribution in [2.24, 2.45) is 4.99 Å². The van der Waals surface area contributed by atoms with E-state index in [2.05, 4.69) is 15.6 Å². The van der Waals surface area contributed by atoms with Gasteiger partial charge in [0.1, 0.15) is 23.5 Å². The molecule has 5 rings (SSSR count). The van der Waals surface area contributed by atoms with Crippen LogP contribution in [-0.4, -0.2) is 42.0 Å². The molecule has 0 saturated carbocycles. The van der Waals surface area contributed by atoms with Crippen LogP contribution < -0.4 is 15.4 Å². The van der Waals surface area contributed by atoms with E-state index >= 15 is 0 Å². The number of nitrogens with one attached hydrogen (secondary N) is 2. The predicted octanol–water partition coefficient (Wildman–Crippen LogP) is 5.37. The van der Waals surface area contributed by atoms with Gasteiger partial charge in [-0.1, -0.05) is 48.4 Å². The fourth-order valence-electron chi connectivity index (χ4n) is 5.34. The van der Waals surface area contributed by atoms with E-state index in [1.54, 1.807) is 54.6 Å². The van der Waals surface area contributed by atoms with Crippen molar-refractivity contribution in [1.82, 2.24) is 9.62 Å². The van der Waals surface area contributed by atoms with Crippen molar-refractivity contribution < 1.29 is 18.3 Å². The summed E-state index contributed by atoms with van der Waals surface area (Å²) in [6.45, 7) is 3.87. The number of halogens is 1. The lowest BCUT2D eigenvalue weighted by molar-refractivity contribution is -0.0568. The monoisotopic (exact) mass is 593 g/mol. The number of ether oxygens (including phenoxy) is 1. The largest absolute Gasteiger partial charge is 0.485 e. The standard InChI is InChI=1S/C30H32ClN5O4S/c1-30(2)28(37)27(35-29(33-19-32)34-22-13-11-21(31)12-14-22)24-18-23(15-16-26(24)40-30)41(38,39)36-17-7-6-10-25(36)20-8-4-3-5-9-20/h3-5,8-9,11-16,18,25,27-28,37H,6-7,10,17H2,1-2H3,(H2,33,34,35). The summed E-state index contributed by atoms with van der Waals surface area (Å²) in [4.78, 5) is 4.75. The maximum absolute atomic E-state index is 14.1. The molecule has 1 saturated heterocycles. The van der Waals surface area contributed by atoms with Crippen LogP contribution in [0.5, 0.6) is 5.75 Å². The Morgan fingerprint density at radius 3 is 2.56 bits per heavy atom. The lowest BCUT2D eigenvalue weighted by Crippen LogP contribution is -2.49. The molecular weight excluding hydrogens is 562 g/mol. The highest BCUT2D eigenvalue weighted by atomic mass is 35.5. The Hall–Kier alpha value is -3.62. The Balaban J connectivity index is 1.55. The second-order valence-corrected chi connectivity index (χ2v) is 13.0. The number of fused-ring (bicyclic) bond motifs is 1. The number of anilines is 1. The minimum Gasteiger partial charge on any atom is -0.485 e. The number of nitrogens with zero attached hydrogens (tertiary/aromatic N) is 3. The van der Waals surface area contributed by atoms with Crippen LogP contribution in [0.15, 0.2) is 82.7 Å². The molecule has 214 valence electrons. The van der Waals surface area contributed by atoms with E-state index in [1.165, 1.54) is 6.07 Å². The van der Waals surface area contributed by atoms with Crippen LogP contribution in [0.3, 0.4) is 0 Å². The predicted molar refractivity (Wildman–Crippen MR) is 158 cm³/mol. The molecule has 3 N–H and O–H groups in total.